The summed E-state index contributed by atoms with van der Waals surface area (Å²) < 4.78 is 13.2. The zero-order chi connectivity index (χ0) is 27.2. The number of aliphatic hydroxyl groups excluding tert-OH is 1. The van der Waals surface area contributed by atoms with Crippen molar-refractivity contribution in [3.8, 4) is 6.07 Å². The number of aliphatic hydroxyl groups is 1. The molecule has 1 saturated heterocycles. The minimum atomic E-state index is -1.35. The second-order valence-corrected chi connectivity index (χ2v) is 12.4. The van der Waals surface area contributed by atoms with E-state index >= 15 is 0 Å². The van der Waals surface area contributed by atoms with Crippen molar-refractivity contribution in [2.75, 3.05) is 0 Å². The van der Waals surface area contributed by atoms with Crippen LogP contribution in [0, 0.1) is 39.9 Å². The number of allylic oxidation sites excluding steroid dienone is 4. The zero-order valence-electron chi connectivity index (χ0n) is 22.2. The highest BCUT2D eigenvalue weighted by atomic mass is 16.7. The second-order valence-electron chi connectivity index (χ2n) is 12.4. The Balaban J connectivity index is 1.29. The number of fused-ring (bicyclic) bond motifs is 8. The van der Waals surface area contributed by atoms with Gasteiger partial charge >= 0.3 is 0 Å². The molecule has 1 aliphatic heterocycles. The molecular formula is C32H32N2O5. The Labute approximate surface area is 227 Å². The van der Waals surface area contributed by atoms with Crippen molar-refractivity contribution >= 4 is 22.5 Å². The molecule has 2 heterocycles. The van der Waals surface area contributed by atoms with Gasteiger partial charge in [0.1, 0.15) is 0 Å². The maximum atomic E-state index is 13.9. The molecule has 1 aromatic carbocycles. The lowest BCUT2D eigenvalue weighted by Gasteiger charge is -2.59. The molecule has 7 nitrogen and oxygen atoms in total. The summed E-state index contributed by atoms with van der Waals surface area (Å²) in [6.07, 6.45) is 5.56. The molecule has 39 heavy (non-hydrogen) atoms. The largest absolute Gasteiger partial charge is 0.393 e. The Morgan fingerprint density at radius 1 is 1.23 bits per heavy atom. The van der Waals surface area contributed by atoms with E-state index in [9.17, 15) is 20.0 Å². The number of para-hydroxylation sites is 1. The molecule has 9 atom stereocenters. The number of carbonyl (C=O) groups is 2. The fourth-order valence-corrected chi connectivity index (χ4v) is 9.03. The van der Waals surface area contributed by atoms with Crippen LogP contribution in [0.15, 0.2) is 60.2 Å². The first-order valence-corrected chi connectivity index (χ1v) is 13.9. The summed E-state index contributed by atoms with van der Waals surface area (Å²) in [5, 5.41) is 22.4. The molecule has 1 N–H and O–H groups in total. The predicted molar refractivity (Wildman–Crippen MR) is 142 cm³/mol. The van der Waals surface area contributed by atoms with E-state index in [1.807, 2.05) is 55.5 Å². The first kappa shape index (κ1) is 24.8. The molecule has 0 bridgehead atoms. The van der Waals surface area contributed by atoms with Gasteiger partial charge in [0, 0.05) is 28.6 Å². The number of nitrogens with zero attached hydrogens (tertiary/aromatic N) is 2. The molecule has 4 aliphatic carbocycles. The van der Waals surface area contributed by atoms with Gasteiger partial charge in [0.15, 0.2) is 17.2 Å². The maximum absolute atomic E-state index is 13.9. The van der Waals surface area contributed by atoms with Crippen LogP contribution in [-0.4, -0.2) is 39.5 Å². The van der Waals surface area contributed by atoms with Crippen molar-refractivity contribution in [1.29, 1.82) is 5.26 Å². The van der Waals surface area contributed by atoms with Gasteiger partial charge in [0.25, 0.3) is 0 Å². The third-order valence-corrected chi connectivity index (χ3v) is 10.7. The van der Waals surface area contributed by atoms with Gasteiger partial charge in [0.2, 0.25) is 6.29 Å². The highest BCUT2D eigenvalue weighted by molar-refractivity contribution is 5.93. The molecule has 2 saturated carbocycles. The zero-order valence-corrected chi connectivity index (χ0v) is 22.2. The van der Waals surface area contributed by atoms with Crippen molar-refractivity contribution in [2.24, 2.45) is 28.6 Å². The predicted octanol–water partition coefficient (Wildman–Crippen LogP) is 4.76. The van der Waals surface area contributed by atoms with Crippen molar-refractivity contribution in [3.63, 3.8) is 0 Å². The molecule has 5 aliphatic rings. The first-order valence-electron chi connectivity index (χ1n) is 13.9. The van der Waals surface area contributed by atoms with Crippen LogP contribution >= 0.6 is 0 Å². The van der Waals surface area contributed by atoms with Gasteiger partial charge in [-0.2, -0.15) is 5.26 Å². The summed E-state index contributed by atoms with van der Waals surface area (Å²) in [5.41, 5.74) is 0.0135. The summed E-state index contributed by atoms with van der Waals surface area (Å²) >= 11 is 0. The molecule has 7 rings (SSSR count). The molecule has 1 unspecified atom stereocenters. The maximum Gasteiger partial charge on any atom is 0.202 e. The standard InChI is InChI=1S/C32H32N2O5/c1-30-13-11-20(35)15-19(30)8-9-21-22-16-27-32(26(37)12-14-33,31(22,2)17-25(36)28(21)30)39-29(38-27)24-10-7-18-5-3-4-6-23(18)34-24/h3-8,10-11,13,21-22,25,27-29,36H,9,12,15-17H2,1-2H3/t21-,22-,25-,27+,28+,29?,30-,31-,32+/m0/s1. The van der Waals surface area contributed by atoms with E-state index in [1.54, 1.807) is 6.08 Å². The van der Waals surface area contributed by atoms with E-state index in [2.05, 4.69) is 13.0 Å². The molecule has 1 aromatic heterocycles. The SMILES string of the molecule is C[C@]12C=CC(=O)CC1=CC[C@@H]1[C@@H]2[C@@H](O)C[C@@]2(C)[C@H]1C[C@H]1OC(c3ccc4ccccc4n3)O[C@]12C(=O)CC#N. The molecule has 0 spiro atoms. The lowest BCUT2D eigenvalue weighted by Crippen LogP contribution is -2.62. The van der Waals surface area contributed by atoms with Crippen LogP contribution in [0.2, 0.25) is 0 Å². The van der Waals surface area contributed by atoms with Gasteiger partial charge in [-0.15, -0.1) is 0 Å². The lowest BCUT2D eigenvalue weighted by atomic mass is 9.46. The number of nitriles is 1. The Hall–Kier alpha value is -3.18. The molecule has 2 aromatic rings. The Morgan fingerprint density at radius 2 is 2.05 bits per heavy atom. The molecule has 3 fully saturated rings. The average Bonchev–Trinajstić information content (AvgIpc) is 3.42. The van der Waals surface area contributed by atoms with Crippen molar-refractivity contribution in [3.05, 3.63) is 65.9 Å². The van der Waals surface area contributed by atoms with Crippen LogP contribution < -0.4 is 0 Å². The summed E-state index contributed by atoms with van der Waals surface area (Å²) in [6.45, 7) is 4.18. The number of hydrogen-bond donors (Lipinski definition) is 1. The molecule has 0 radical (unpaired) electrons. The van der Waals surface area contributed by atoms with E-state index in [4.69, 9.17) is 14.5 Å². The van der Waals surface area contributed by atoms with Crippen LogP contribution in [0.3, 0.4) is 0 Å². The molecular weight excluding hydrogens is 492 g/mol. The number of pyridine rings is 1. The topological polar surface area (TPSA) is 110 Å². The first-order chi connectivity index (χ1) is 18.7. The summed E-state index contributed by atoms with van der Waals surface area (Å²) in [4.78, 5) is 30.8. The Bertz CT molecular complexity index is 1510. The second kappa shape index (κ2) is 8.41. The van der Waals surface area contributed by atoms with Gasteiger partial charge in [0.05, 0.1) is 35.9 Å². The van der Waals surface area contributed by atoms with Gasteiger partial charge in [-0.25, -0.2) is 4.98 Å². The summed E-state index contributed by atoms with van der Waals surface area (Å²) in [7, 11) is 0. The molecule has 7 heteroatoms. The molecule has 200 valence electrons. The van der Waals surface area contributed by atoms with E-state index in [-0.39, 0.29) is 35.7 Å². The van der Waals surface area contributed by atoms with Crippen LogP contribution in [0.1, 0.15) is 57.9 Å². The van der Waals surface area contributed by atoms with Crippen molar-refractivity contribution in [2.45, 2.75) is 70.1 Å². The van der Waals surface area contributed by atoms with Gasteiger partial charge < -0.3 is 14.6 Å². The monoisotopic (exact) mass is 524 g/mol. The van der Waals surface area contributed by atoms with E-state index in [1.165, 1.54) is 0 Å². The average molecular weight is 525 g/mol. The number of ketones is 2. The van der Waals surface area contributed by atoms with Gasteiger partial charge in [-0.05, 0) is 49.3 Å². The van der Waals surface area contributed by atoms with Crippen molar-refractivity contribution < 1.29 is 24.2 Å². The third-order valence-electron chi connectivity index (χ3n) is 10.7. The van der Waals surface area contributed by atoms with Crippen LogP contribution in [0.5, 0.6) is 0 Å². The number of hydrogen-bond acceptors (Lipinski definition) is 7. The Morgan fingerprint density at radius 3 is 2.87 bits per heavy atom. The Kier molecular flexibility index (Phi) is 5.35. The number of Topliss-reactive ketones (excluding diaryl/α,β-unsaturated/α-hetero) is 1. The fourth-order valence-electron chi connectivity index (χ4n) is 9.03. The minimum Gasteiger partial charge on any atom is -0.393 e. The van der Waals surface area contributed by atoms with E-state index < -0.39 is 34.9 Å². The summed E-state index contributed by atoms with van der Waals surface area (Å²) in [5.74, 6) is -0.119. The lowest BCUT2D eigenvalue weighted by molar-refractivity contribution is -0.197. The van der Waals surface area contributed by atoms with Gasteiger partial charge in [-0.1, -0.05) is 55.8 Å². The fraction of sp³-hybridized carbons (Fsp3) is 0.500. The van der Waals surface area contributed by atoms with E-state index in [0.29, 0.717) is 25.0 Å². The summed E-state index contributed by atoms with van der Waals surface area (Å²) in [6, 6.07) is 13.7. The van der Waals surface area contributed by atoms with Crippen LogP contribution in [0.25, 0.3) is 10.9 Å². The number of carbonyl (C=O) groups excluding carboxylic acids is 2. The molecule has 0 amide bonds. The highest BCUT2D eigenvalue weighted by Gasteiger charge is 2.75. The van der Waals surface area contributed by atoms with Crippen molar-refractivity contribution in [1.82, 2.24) is 4.98 Å². The quantitative estimate of drug-likeness (QED) is 0.577. The van der Waals surface area contributed by atoms with E-state index in [0.717, 1.165) is 22.9 Å². The number of ether oxygens (including phenoxy) is 2. The number of rotatable bonds is 3. The van der Waals surface area contributed by atoms with Gasteiger partial charge in [-0.3, -0.25) is 9.59 Å². The third kappa shape index (κ3) is 3.23. The normalized spacial score (nSPS) is 42.2. The minimum absolute atomic E-state index is 0.0460. The van der Waals surface area contributed by atoms with Crippen LogP contribution in [0.4, 0.5) is 0 Å². The highest BCUT2D eigenvalue weighted by Crippen LogP contribution is 2.70. The van der Waals surface area contributed by atoms with Crippen LogP contribution in [-0.2, 0) is 19.1 Å². The number of aromatic nitrogens is 1. The smallest absolute Gasteiger partial charge is 0.202 e. The number of benzene rings is 1.